The van der Waals surface area contributed by atoms with Gasteiger partial charge in [-0.1, -0.05) is 20.8 Å². The molecule has 0 saturated carbocycles. The summed E-state index contributed by atoms with van der Waals surface area (Å²) >= 11 is 5.79. The van der Waals surface area contributed by atoms with Crippen LogP contribution in [0.5, 0.6) is 0 Å². The van der Waals surface area contributed by atoms with Crippen molar-refractivity contribution in [3.63, 3.8) is 0 Å². The van der Waals surface area contributed by atoms with Crippen molar-refractivity contribution in [2.75, 3.05) is 5.32 Å². The number of anilines is 1. The number of nitrogens with one attached hydrogen (secondary N) is 1. The minimum atomic E-state index is -0.479. The first kappa shape index (κ1) is 11.8. The number of hydrogen-bond acceptors (Lipinski definition) is 4. The van der Waals surface area contributed by atoms with Crippen LogP contribution in [0.1, 0.15) is 20.8 Å². The topological polar surface area (TPSA) is 72.2 Å². The summed E-state index contributed by atoms with van der Waals surface area (Å²) in [4.78, 5) is 11.8. The minimum Gasteiger partial charge on any atom is -0.309 e. The van der Waals surface area contributed by atoms with Crippen LogP contribution < -0.4 is 5.32 Å². The zero-order chi connectivity index (χ0) is 12.6. The third-order valence-corrected chi connectivity index (χ3v) is 2.38. The highest BCUT2D eigenvalue weighted by atomic mass is 35.5. The van der Waals surface area contributed by atoms with E-state index in [0.29, 0.717) is 11.5 Å². The first-order chi connectivity index (χ1) is 7.88. The van der Waals surface area contributed by atoms with Crippen molar-refractivity contribution < 1.29 is 4.79 Å². The second kappa shape index (κ2) is 3.96. The molecule has 0 radical (unpaired) electrons. The van der Waals surface area contributed by atoms with Crippen LogP contribution in [0.25, 0.3) is 5.65 Å². The number of halogens is 1. The molecule has 2 aromatic rings. The van der Waals surface area contributed by atoms with E-state index in [2.05, 4.69) is 20.6 Å². The van der Waals surface area contributed by atoms with E-state index in [-0.39, 0.29) is 11.2 Å². The molecule has 0 spiro atoms. The first-order valence-corrected chi connectivity index (χ1v) is 5.45. The molecular weight excluding hydrogens is 242 g/mol. The van der Waals surface area contributed by atoms with E-state index in [9.17, 15) is 4.79 Å². The van der Waals surface area contributed by atoms with E-state index in [1.807, 2.05) is 20.8 Å². The van der Waals surface area contributed by atoms with E-state index < -0.39 is 5.41 Å². The summed E-state index contributed by atoms with van der Waals surface area (Å²) in [7, 11) is 0. The number of amides is 1. The number of carbonyl (C=O) groups is 1. The van der Waals surface area contributed by atoms with E-state index in [1.165, 1.54) is 4.52 Å². The molecule has 1 N–H and O–H groups in total. The number of carbonyl (C=O) groups excluding carboxylic acids is 1. The number of nitrogens with zero attached hydrogens (tertiary/aromatic N) is 4. The van der Waals surface area contributed by atoms with E-state index in [4.69, 9.17) is 11.6 Å². The number of hydrogen-bond donors (Lipinski definition) is 1. The molecule has 1 amide bonds. The summed E-state index contributed by atoms with van der Waals surface area (Å²) in [6, 6.07) is 3.34. The Balaban J connectivity index is 2.31. The third-order valence-electron chi connectivity index (χ3n) is 2.15. The second-order valence-electron chi connectivity index (χ2n) is 4.66. The van der Waals surface area contributed by atoms with Crippen LogP contribution in [-0.4, -0.2) is 25.7 Å². The zero-order valence-corrected chi connectivity index (χ0v) is 10.5. The third kappa shape index (κ3) is 2.36. The maximum Gasteiger partial charge on any atom is 0.246 e. The summed E-state index contributed by atoms with van der Waals surface area (Å²) in [5.74, 6) is 0.299. The highest BCUT2D eigenvalue weighted by Gasteiger charge is 2.21. The van der Waals surface area contributed by atoms with Crippen molar-refractivity contribution in [1.29, 1.82) is 0 Å². The Morgan fingerprint density at radius 3 is 2.71 bits per heavy atom. The summed E-state index contributed by atoms with van der Waals surface area (Å²) < 4.78 is 1.36. The Bertz CT molecular complexity index is 572. The van der Waals surface area contributed by atoms with Crippen molar-refractivity contribution in [2.24, 2.45) is 5.41 Å². The molecule has 2 aromatic heterocycles. The maximum atomic E-state index is 11.8. The van der Waals surface area contributed by atoms with Crippen LogP contribution in [0, 0.1) is 5.41 Å². The molecule has 0 aliphatic heterocycles. The highest BCUT2D eigenvalue weighted by molar-refractivity contribution is 6.28. The maximum absolute atomic E-state index is 11.8. The van der Waals surface area contributed by atoms with Crippen LogP contribution in [0.2, 0.25) is 5.28 Å². The smallest absolute Gasteiger partial charge is 0.246 e. The van der Waals surface area contributed by atoms with Crippen LogP contribution in [0.15, 0.2) is 12.1 Å². The monoisotopic (exact) mass is 253 g/mol. The lowest BCUT2D eigenvalue weighted by Gasteiger charge is -2.16. The minimum absolute atomic E-state index is 0.117. The van der Waals surface area contributed by atoms with Gasteiger partial charge >= 0.3 is 0 Å². The van der Waals surface area contributed by atoms with Gasteiger partial charge in [0.05, 0.1) is 0 Å². The van der Waals surface area contributed by atoms with E-state index in [1.54, 1.807) is 12.1 Å². The summed E-state index contributed by atoms with van der Waals surface area (Å²) in [5.41, 5.74) is 0.0527. The first-order valence-electron chi connectivity index (χ1n) is 5.07. The molecule has 0 bridgehead atoms. The Morgan fingerprint density at radius 1 is 1.35 bits per heavy atom. The van der Waals surface area contributed by atoms with Gasteiger partial charge in [0, 0.05) is 5.41 Å². The molecule has 0 aliphatic carbocycles. The summed E-state index contributed by atoms with van der Waals surface area (Å²) in [6.45, 7) is 5.48. The largest absolute Gasteiger partial charge is 0.309 e. The fourth-order valence-electron chi connectivity index (χ4n) is 1.13. The standard InChI is InChI=1S/C10H12ClN5O/c1-10(2,3)8(17)12-6-4-5-7-13-14-9(11)16(7)15-6/h4-5H,1-3H3,(H,12,15,17). The molecule has 6 nitrogen and oxygen atoms in total. The van der Waals surface area contributed by atoms with Gasteiger partial charge in [0.1, 0.15) is 0 Å². The van der Waals surface area contributed by atoms with Crippen molar-refractivity contribution in [3.8, 4) is 0 Å². The molecule has 0 fully saturated rings. The van der Waals surface area contributed by atoms with E-state index >= 15 is 0 Å². The van der Waals surface area contributed by atoms with E-state index in [0.717, 1.165) is 0 Å². The van der Waals surface area contributed by atoms with Gasteiger partial charge in [0.2, 0.25) is 11.2 Å². The van der Waals surface area contributed by atoms with Gasteiger partial charge in [0.15, 0.2) is 11.5 Å². The number of rotatable bonds is 1. The van der Waals surface area contributed by atoms with Gasteiger partial charge < -0.3 is 5.32 Å². The lowest BCUT2D eigenvalue weighted by molar-refractivity contribution is -0.123. The van der Waals surface area contributed by atoms with Gasteiger partial charge in [-0.25, -0.2) is 0 Å². The predicted octanol–water partition coefficient (Wildman–Crippen LogP) is 1.76. The molecule has 17 heavy (non-hydrogen) atoms. The molecule has 0 aromatic carbocycles. The van der Waals surface area contributed by atoms with Crippen LogP contribution in [0.4, 0.5) is 5.82 Å². The molecule has 2 rings (SSSR count). The fraction of sp³-hybridized carbons (Fsp3) is 0.400. The van der Waals surface area contributed by atoms with Crippen molar-refractivity contribution in [3.05, 3.63) is 17.4 Å². The molecule has 7 heteroatoms. The van der Waals surface area contributed by atoms with Crippen LogP contribution in [-0.2, 0) is 4.79 Å². The second-order valence-corrected chi connectivity index (χ2v) is 5.00. The fourth-order valence-corrected chi connectivity index (χ4v) is 1.30. The SMILES string of the molecule is CC(C)(C)C(=O)Nc1ccc2nnc(Cl)n2n1. The predicted molar refractivity (Wildman–Crippen MR) is 63.9 cm³/mol. The Hall–Kier alpha value is -1.69. The van der Waals surface area contributed by atoms with Crippen LogP contribution in [0.3, 0.4) is 0 Å². The molecule has 0 unspecified atom stereocenters. The molecule has 0 aliphatic rings. The molecular formula is C10H12ClN5O. The highest BCUT2D eigenvalue weighted by Crippen LogP contribution is 2.16. The van der Waals surface area contributed by atoms with Gasteiger partial charge in [0.25, 0.3) is 0 Å². The van der Waals surface area contributed by atoms with Gasteiger partial charge in [-0.2, -0.15) is 4.52 Å². The molecule has 90 valence electrons. The lowest BCUT2D eigenvalue weighted by atomic mass is 9.96. The van der Waals surface area contributed by atoms with Gasteiger partial charge in [-0.05, 0) is 23.7 Å². The molecule has 0 atom stereocenters. The summed E-state index contributed by atoms with van der Waals surface area (Å²) in [6.07, 6.45) is 0. The normalized spacial score (nSPS) is 11.8. The summed E-state index contributed by atoms with van der Waals surface area (Å²) in [5, 5.41) is 14.4. The molecule has 2 heterocycles. The van der Waals surface area contributed by atoms with Crippen molar-refractivity contribution in [1.82, 2.24) is 19.8 Å². The Morgan fingerprint density at radius 2 is 2.06 bits per heavy atom. The van der Waals surface area contributed by atoms with Crippen molar-refractivity contribution >= 4 is 29.0 Å². The zero-order valence-electron chi connectivity index (χ0n) is 9.73. The van der Waals surface area contributed by atoms with Crippen molar-refractivity contribution in [2.45, 2.75) is 20.8 Å². The molecule has 0 saturated heterocycles. The Kier molecular flexibility index (Phi) is 2.74. The number of fused-ring (bicyclic) bond motifs is 1. The average Bonchev–Trinajstić information content (AvgIpc) is 2.59. The van der Waals surface area contributed by atoms with Crippen LogP contribution >= 0.6 is 11.6 Å². The average molecular weight is 254 g/mol. The Labute approximate surface area is 103 Å². The quantitative estimate of drug-likeness (QED) is 0.841. The van der Waals surface area contributed by atoms with Gasteiger partial charge in [-0.15, -0.1) is 15.3 Å². The lowest BCUT2D eigenvalue weighted by Crippen LogP contribution is -2.28. The van der Waals surface area contributed by atoms with Gasteiger partial charge in [-0.3, -0.25) is 4.79 Å². The number of aromatic nitrogens is 4.